The van der Waals surface area contributed by atoms with Crippen LogP contribution in [0, 0.1) is 0 Å². The lowest BCUT2D eigenvalue weighted by molar-refractivity contribution is 0.0552. The Hall–Kier alpha value is -2.41. The number of fused-ring (bicyclic) bond motifs is 3. The van der Waals surface area contributed by atoms with E-state index in [9.17, 15) is 9.59 Å². The van der Waals surface area contributed by atoms with Crippen molar-refractivity contribution in [2.45, 2.75) is 26.4 Å². The number of hydrogen-bond acceptors (Lipinski definition) is 6. The van der Waals surface area contributed by atoms with Gasteiger partial charge in [0.2, 0.25) is 0 Å². The van der Waals surface area contributed by atoms with Gasteiger partial charge in [0.15, 0.2) is 5.13 Å². The van der Waals surface area contributed by atoms with Crippen LogP contribution in [0.2, 0.25) is 0 Å². The second kappa shape index (κ2) is 5.59. The summed E-state index contributed by atoms with van der Waals surface area (Å²) in [5, 5.41) is 1.70. The first-order valence-electron chi connectivity index (χ1n) is 7.54. The minimum atomic E-state index is -0.628. The number of para-hydroxylation sites is 1. The van der Waals surface area contributed by atoms with Crippen molar-refractivity contribution in [1.82, 2.24) is 9.55 Å². The molecule has 0 spiro atoms. The molecule has 0 unspecified atom stereocenters. The Bertz CT molecular complexity index is 996. The molecule has 24 heavy (non-hydrogen) atoms. The second-order valence-corrected chi connectivity index (χ2v) is 7.67. The molecule has 2 heterocycles. The van der Waals surface area contributed by atoms with Gasteiger partial charge in [0.05, 0.1) is 10.9 Å². The molecule has 0 atom stereocenters. The fraction of sp³-hybridized carbons (Fsp3) is 0.353. The molecule has 0 radical (unpaired) electrons. The van der Waals surface area contributed by atoms with Crippen molar-refractivity contribution in [3.63, 3.8) is 0 Å². The summed E-state index contributed by atoms with van der Waals surface area (Å²) in [5.41, 5.74) is -0.323. The third-order valence-electron chi connectivity index (χ3n) is 3.39. The van der Waals surface area contributed by atoms with Gasteiger partial charge in [0, 0.05) is 19.5 Å². The lowest BCUT2D eigenvalue weighted by atomic mass is 10.2. The van der Waals surface area contributed by atoms with Crippen LogP contribution in [0.3, 0.4) is 0 Å². The van der Waals surface area contributed by atoms with Crippen molar-refractivity contribution in [3.8, 4) is 0 Å². The van der Waals surface area contributed by atoms with E-state index in [2.05, 4.69) is 4.98 Å². The molecule has 0 amide bonds. The van der Waals surface area contributed by atoms with E-state index in [0.717, 1.165) is 0 Å². The Labute approximate surface area is 143 Å². The number of hydrogen-bond donors (Lipinski definition) is 0. The maximum Gasteiger partial charge on any atom is 0.420 e. The minimum absolute atomic E-state index is 0.342. The Kier molecular flexibility index (Phi) is 3.83. The zero-order valence-corrected chi connectivity index (χ0v) is 15.1. The summed E-state index contributed by atoms with van der Waals surface area (Å²) in [4.78, 5) is 31.7. The second-order valence-electron chi connectivity index (χ2n) is 6.71. The highest BCUT2D eigenvalue weighted by Crippen LogP contribution is 2.32. The molecule has 1 aromatic carbocycles. The van der Waals surface area contributed by atoms with Crippen LogP contribution in [0.5, 0.6) is 0 Å². The molecule has 0 aliphatic rings. The lowest BCUT2D eigenvalue weighted by Gasteiger charge is -2.20. The fourth-order valence-electron chi connectivity index (χ4n) is 2.45. The summed E-state index contributed by atoms with van der Waals surface area (Å²) in [6.45, 7) is 5.44. The quantitative estimate of drug-likeness (QED) is 0.676. The van der Waals surface area contributed by atoms with Crippen molar-refractivity contribution in [3.05, 3.63) is 34.6 Å². The van der Waals surface area contributed by atoms with Crippen LogP contribution >= 0.6 is 11.3 Å². The van der Waals surface area contributed by atoms with E-state index < -0.39 is 11.7 Å². The molecule has 3 aromatic rings. The largest absolute Gasteiger partial charge is 0.443 e. The van der Waals surface area contributed by atoms with E-state index in [1.54, 1.807) is 11.0 Å². The summed E-state index contributed by atoms with van der Waals surface area (Å²) in [6, 6.07) is 7.30. The number of benzene rings is 1. The van der Waals surface area contributed by atoms with Crippen molar-refractivity contribution in [2.75, 3.05) is 19.0 Å². The standard InChI is InChI=1S/C17H19N3O3S/c1-17(2,3)23-16(22)20-11-9-7-6-8-10(11)12-13(21)18-15(19(4)5)24-14(12)20/h6-9H,1-5H3. The van der Waals surface area contributed by atoms with Crippen LogP contribution < -0.4 is 10.5 Å². The first kappa shape index (κ1) is 16.4. The monoisotopic (exact) mass is 345 g/mol. The average Bonchev–Trinajstić information content (AvgIpc) is 2.79. The number of anilines is 1. The number of nitrogens with zero attached hydrogens (tertiary/aromatic N) is 3. The van der Waals surface area contributed by atoms with Crippen LogP contribution in [0.1, 0.15) is 20.8 Å². The maximum atomic E-state index is 12.8. The van der Waals surface area contributed by atoms with Gasteiger partial charge in [-0.05, 0) is 26.8 Å². The van der Waals surface area contributed by atoms with E-state index in [4.69, 9.17) is 4.74 Å². The molecule has 0 aliphatic carbocycles. The fourth-order valence-corrected chi connectivity index (χ4v) is 3.50. The molecule has 3 rings (SSSR count). The highest BCUT2D eigenvalue weighted by molar-refractivity contribution is 7.21. The Balaban J connectivity index is 2.40. The summed E-state index contributed by atoms with van der Waals surface area (Å²) in [7, 11) is 3.62. The summed E-state index contributed by atoms with van der Waals surface area (Å²) >= 11 is 1.29. The molecule has 0 saturated carbocycles. The summed E-state index contributed by atoms with van der Waals surface area (Å²) in [6.07, 6.45) is -0.500. The van der Waals surface area contributed by atoms with Gasteiger partial charge in [-0.2, -0.15) is 4.98 Å². The molecule has 6 nitrogen and oxygen atoms in total. The molecule has 7 heteroatoms. The maximum absolute atomic E-state index is 12.8. The molecule has 0 fully saturated rings. The Morgan fingerprint density at radius 2 is 1.92 bits per heavy atom. The number of ether oxygens (including phenoxy) is 1. The molecule has 0 saturated heterocycles. The molecule has 0 aliphatic heterocycles. The Morgan fingerprint density at radius 3 is 2.54 bits per heavy atom. The van der Waals surface area contributed by atoms with Crippen LogP contribution in [0.25, 0.3) is 21.1 Å². The van der Waals surface area contributed by atoms with E-state index in [1.165, 1.54) is 15.9 Å². The summed E-state index contributed by atoms with van der Waals surface area (Å²) in [5.74, 6) is 0. The van der Waals surface area contributed by atoms with Crippen molar-refractivity contribution in [2.24, 2.45) is 0 Å². The van der Waals surface area contributed by atoms with Crippen LogP contribution in [-0.4, -0.2) is 35.3 Å². The lowest BCUT2D eigenvalue weighted by Crippen LogP contribution is -2.27. The number of carbonyl (C=O) groups is 1. The first-order valence-corrected chi connectivity index (χ1v) is 8.35. The van der Waals surface area contributed by atoms with Crippen LogP contribution in [-0.2, 0) is 4.74 Å². The molecular weight excluding hydrogens is 326 g/mol. The number of aromatic nitrogens is 2. The van der Waals surface area contributed by atoms with E-state index >= 15 is 0 Å². The zero-order valence-electron chi connectivity index (χ0n) is 14.3. The number of carbonyl (C=O) groups excluding carboxylic acids is 1. The SMILES string of the molecule is CN(C)c1nc(=O)c2c3ccccc3n(C(=O)OC(C)(C)C)c2s1. The smallest absolute Gasteiger partial charge is 0.420 e. The van der Waals surface area contributed by atoms with Crippen molar-refractivity contribution in [1.29, 1.82) is 0 Å². The van der Waals surface area contributed by atoms with E-state index in [0.29, 0.717) is 26.3 Å². The molecular formula is C17H19N3O3S. The summed E-state index contributed by atoms with van der Waals surface area (Å²) < 4.78 is 7.00. The van der Waals surface area contributed by atoms with Crippen molar-refractivity contribution < 1.29 is 9.53 Å². The van der Waals surface area contributed by atoms with Crippen molar-refractivity contribution >= 4 is 43.7 Å². The number of rotatable bonds is 1. The predicted molar refractivity (Wildman–Crippen MR) is 97.3 cm³/mol. The minimum Gasteiger partial charge on any atom is -0.443 e. The molecule has 126 valence electrons. The van der Waals surface area contributed by atoms with E-state index in [-0.39, 0.29) is 5.56 Å². The van der Waals surface area contributed by atoms with Gasteiger partial charge in [-0.25, -0.2) is 9.36 Å². The highest BCUT2D eigenvalue weighted by Gasteiger charge is 2.24. The highest BCUT2D eigenvalue weighted by atomic mass is 32.1. The molecule has 0 bridgehead atoms. The third-order valence-corrected chi connectivity index (χ3v) is 4.61. The topological polar surface area (TPSA) is 64.4 Å². The molecule has 2 aromatic heterocycles. The zero-order chi connectivity index (χ0) is 17.6. The van der Waals surface area contributed by atoms with Gasteiger partial charge in [-0.1, -0.05) is 29.5 Å². The normalized spacial score (nSPS) is 11.9. The van der Waals surface area contributed by atoms with Gasteiger partial charge < -0.3 is 9.64 Å². The van der Waals surface area contributed by atoms with Gasteiger partial charge in [0.25, 0.3) is 5.56 Å². The van der Waals surface area contributed by atoms with Gasteiger partial charge in [0.1, 0.15) is 10.4 Å². The predicted octanol–water partition coefficient (Wildman–Crippen LogP) is 3.46. The molecule has 0 N–H and O–H groups in total. The van der Waals surface area contributed by atoms with E-state index in [1.807, 2.05) is 53.1 Å². The van der Waals surface area contributed by atoms with Gasteiger partial charge >= 0.3 is 6.09 Å². The average molecular weight is 345 g/mol. The van der Waals surface area contributed by atoms with Gasteiger partial charge in [-0.3, -0.25) is 4.79 Å². The van der Waals surface area contributed by atoms with Gasteiger partial charge in [-0.15, -0.1) is 0 Å². The van der Waals surface area contributed by atoms with Crippen LogP contribution in [0.15, 0.2) is 29.1 Å². The third kappa shape index (κ3) is 2.75. The first-order chi connectivity index (χ1) is 11.2. The Morgan fingerprint density at radius 1 is 1.25 bits per heavy atom. The van der Waals surface area contributed by atoms with Crippen LogP contribution in [0.4, 0.5) is 9.93 Å².